The second-order valence-electron chi connectivity index (χ2n) is 2.15. The lowest BCUT2D eigenvalue weighted by atomic mass is 10.1. The molecule has 0 fully saturated rings. The second-order valence-corrected chi connectivity index (χ2v) is 2.97. The van der Waals surface area contributed by atoms with Crippen molar-refractivity contribution >= 4 is 29.0 Å². The van der Waals surface area contributed by atoms with Gasteiger partial charge in [-0.25, -0.2) is 0 Å². The van der Waals surface area contributed by atoms with Crippen LogP contribution in [0.4, 0.5) is 0 Å². The molecule has 0 aliphatic rings. The number of hydrogen-bond donors (Lipinski definition) is 0. The Morgan fingerprint density at radius 1 is 1.15 bits per heavy atom. The largest absolute Gasteiger partial charge is 0.294 e. The van der Waals surface area contributed by atoms with Crippen LogP contribution in [0.25, 0.3) is 0 Å². The summed E-state index contributed by atoms with van der Waals surface area (Å²) in [6, 6.07) is 4.99. The molecule has 0 atom stereocenters. The van der Waals surface area contributed by atoms with Crippen LogP contribution in [0.15, 0.2) is 18.2 Å². The van der Waals surface area contributed by atoms with Crippen LogP contribution in [0, 0.1) is 0 Å². The van der Waals surface area contributed by atoms with Crippen LogP contribution < -0.4 is 0 Å². The SMILES string of the molecule is CC.CC(=O)c1c(Cl)cccc1Cl. The van der Waals surface area contributed by atoms with Crippen molar-refractivity contribution < 1.29 is 4.79 Å². The van der Waals surface area contributed by atoms with Crippen LogP contribution >= 0.6 is 23.2 Å². The van der Waals surface area contributed by atoms with Gasteiger partial charge in [0, 0.05) is 0 Å². The van der Waals surface area contributed by atoms with Crippen molar-refractivity contribution in [2.75, 3.05) is 0 Å². The van der Waals surface area contributed by atoms with Gasteiger partial charge in [-0.15, -0.1) is 0 Å². The summed E-state index contributed by atoms with van der Waals surface area (Å²) >= 11 is 11.4. The average Bonchev–Trinajstić information content (AvgIpc) is 2.07. The predicted molar refractivity (Wildman–Crippen MR) is 57.8 cm³/mol. The topological polar surface area (TPSA) is 17.1 Å². The van der Waals surface area contributed by atoms with Crippen molar-refractivity contribution in [1.29, 1.82) is 0 Å². The summed E-state index contributed by atoms with van der Waals surface area (Å²) in [6.07, 6.45) is 0. The van der Waals surface area contributed by atoms with Crippen LogP contribution in [0.2, 0.25) is 10.0 Å². The van der Waals surface area contributed by atoms with Gasteiger partial charge in [-0.2, -0.15) is 0 Å². The highest BCUT2D eigenvalue weighted by molar-refractivity contribution is 6.39. The Hall–Kier alpha value is -0.530. The van der Waals surface area contributed by atoms with Crippen LogP contribution in [0.1, 0.15) is 31.1 Å². The second kappa shape index (κ2) is 6.01. The van der Waals surface area contributed by atoms with E-state index in [-0.39, 0.29) is 5.78 Å². The van der Waals surface area contributed by atoms with E-state index in [2.05, 4.69) is 0 Å². The van der Waals surface area contributed by atoms with Gasteiger partial charge in [0.05, 0.1) is 15.6 Å². The van der Waals surface area contributed by atoms with Gasteiger partial charge in [0.25, 0.3) is 0 Å². The molecule has 1 nitrogen and oxygen atoms in total. The molecule has 1 rings (SSSR count). The molecular weight excluding hydrogens is 207 g/mol. The van der Waals surface area contributed by atoms with Gasteiger partial charge >= 0.3 is 0 Å². The summed E-state index contributed by atoms with van der Waals surface area (Å²) in [7, 11) is 0. The molecule has 0 saturated heterocycles. The first-order valence-corrected chi connectivity index (χ1v) is 4.83. The van der Waals surface area contributed by atoms with E-state index in [4.69, 9.17) is 23.2 Å². The van der Waals surface area contributed by atoms with Crippen LogP contribution in [-0.4, -0.2) is 5.78 Å². The summed E-state index contributed by atoms with van der Waals surface area (Å²) in [5.74, 6) is -0.111. The maximum Gasteiger partial charge on any atom is 0.162 e. The van der Waals surface area contributed by atoms with Gasteiger partial charge in [0.2, 0.25) is 0 Å². The van der Waals surface area contributed by atoms with Gasteiger partial charge in [-0.3, -0.25) is 4.79 Å². The first-order valence-electron chi connectivity index (χ1n) is 4.08. The smallest absolute Gasteiger partial charge is 0.162 e. The average molecular weight is 219 g/mol. The zero-order valence-electron chi connectivity index (χ0n) is 7.90. The highest BCUT2D eigenvalue weighted by Gasteiger charge is 2.08. The van der Waals surface area contributed by atoms with Crippen molar-refractivity contribution in [1.82, 2.24) is 0 Å². The van der Waals surface area contributed by atoms with Crippen molar-refractivity contribution in [2.45, 2.75) is 20.8 Å². The number of hydrogen-bond acceptors (Lipinski definition) is 1. The number of carbonyl (C=O) groups is 1. The molecule has 3 heteroatoms. The lowest BCUT2D eigenvalue weighted by Gasteiger charge is -2.00. The Labute approximate surface area is 88.7 Å². The van der Waals surface area contributed by atoms with Gasteiger partial charge in [0.15, 0.2) is 5.78 Å². The zero-order valence-corrected chi connectivity index (χ0v) is 9.41. The van der Waals surface area contributed by atoms with E-state index in [1.807, 2.05) is 13.8 Å². The number of Topliss-reactive ketones (excluding diaryl/α,β-unsaturated/α-hetero) is 1. The Bertz CT molecular complexity index is 275. The highest BCUT2D eigenvalue weighted by Crippen LogP contribution is 2.24. The number of ketones is 1. The Kier molecular flexibility index (Phi) is 5.76. The molecule has 0 spiro atoms. The van der Waals surface area contributed by atoms with E-state index in [1.54, 1.807) is 18.2 Å². The molecule has 72 valence electrons. The molecule has 0 N–H and O–H groups in total. The maximum absolute atomic E-state index is 10.9. The maximum atomic E-state index is 10.9. The molecule has 0 aliphatic heterocycles. The third-order valence-electron chi connectivity index (χ3n) is 1.31. The fourth-order valence-corrected chi connectivity index (χ4v) is 1.50. The third-order valence-corrected chi connectivity index (χ3v) is 1.94. The zero-order chi connectivity index (χ0) is 10.4. The van der Waals surface area contributed by atoms with E-state index in [0.29, 0.717) is 15.6 Å². The van der Waals surface area contributed by atoms with E-state index >= 15 is 0 Å². The standard InChI is InChI=1S/C8H6Cl2O.C2H6/c1-5(11)8-6(9)3-2-4-7(8)10;1-2/h2-4H,1H3;1-2H3. The molecule has 1 aromatic rings. The molecule has 0 aliphatic carbocycles. The number of rotatable bonds is 1. The third kappa shape index (κ3) is 3.37. The van der Waals surface area contributed by atoms with Gasteiger partial charge in [0.1, 0.15) is 0 Å². The lowest BCUT2D eigenvalue weighted by molar-refractivity contribution is 0.101. The Balaban J connectivity index is 0.000000671. The normalized spacial score (nSPS) is 8.69. The molecule has 0 aromatic heterocycles. The Morgan fingerprint density at radius 2 is 1.54 bits per heavy atom. The van der Waals surface area contributed by atoms with E-state index in [0.717, 1.165) is 0 Å². The molecule has 0 bridgehead atoms. The summed E-state index contributed by atoms with van der Waals surface area (Å²) in [5.41, 5.74) is 0.399. The van der Waals surface area contributed by atoms with Crippen molar-refractivity contribution in [3.8, 4) is 0 Å². The summed E-state index contributed by atoms with van der Waals surface area (Å²) in [5, 5.41) is 0.815. The minimum Gasteiger partial charge on any atom is -0.294 e. The van der Waals surface area contributed by atoms with Gasteiger partial charge < -0.3 is 0 Å². The molecular formula is C10H12Cl2O. The van der Waals surface area contributed by atoms with E-state index in [9.17, 15) is 4.79 Å². The van der Waals surface area contributed by atoms with Crippen LogP contribution in [-0.2, 0) is 0 Å². The molecule has 1 aromatic carbocycles. The first-order chi connectivity index (χ1) is 6.13. The fourth-order valence-electron chi connectivity index (χ4n) is 0.834. The lowest BCUT2D eigenvalue weighted by Crippen LogP contribution is -1.93. The summed E-state index contributed by atoms with van der Waals surface area (Å²) < 4.78 is 0. The fraction of sp³-hybridized carbons (Fsp3) is 0.300. The quantitative estimate of drug-likeness (QED) is 0.646. The molecule has 0 heterocycles. The predicted octanol–water partition coefficient (Wildman–Crippen LogP) is 4.22. The van der Waals surface area contributed by atoms with Crippen molar-refractivity contribution in [3.05, 3.63) is 33.8 Å². The van der Waals surface area contributed by atoms with Crippen molar-refractivity contribution in [2.24, 2.45) is 0 Å². The minimum atomic E-state index is -0.111. The van der Waals surface area contributed by atoms with E-state index in [1.165, 1.54) is 6.92 Å². The molecule has 0 unspecified atom stereocenters. The summed E-state index contributed by atoms with van der Waals surface area (Å²) in [6.45, 7) is 5.44. The summed E-state index contributed by atoms with van der Waals surface area (Å²) in [4.78, 5) is 10.9. The van der Waals surface area contributed by atoms with Crippen LogP contribution in [0.3, 0.4) is 0 Å². The van der Waals surface area contributed by atoms with Gasteiger partial charge in [-0.1, -0.05) is 43.1 Å². The minimum absolute atomic E-state index is 0.111. The number of benzene rings is 1. The first kappa shape index (κ1) is 12.5. The number of halogens is 2. The highest BCUT2D eigenvalue weighted by atomic mass is 35.5. The van der Waals surface area contributed by atoms with Gasteiger partial charge in [-0.05, 0) is 19.1 Å². The monoisotopic (exact) mass is 218 g/mol. The number of carbonyl (C=O) groups excluding carboxylic acids is 1. The molecule has 0 amide bonds. The van der Waals surface area contributed by atoms with E-state index < -0.39 is 0 Å². The Morgan fingerprint density at radius 3 is 1.77 bits per heavy atom. The molecule has 0 saturated carbocycles. The van der Waals surface area contributed by atoms with Crippen molar-refractivity contribution in [3.63, 3.8) is 0 Å². The molecule has 13 heavy (non-hydrogen) atoms. The molecule has 0 radical (unpaired) electrons. The van der Waals surface area contributed by atoms with Crippen LogP contribution in [0.5, 0.6) is 0 Å².